The van der Waals surface area contributed by atoms with Gasteiger partial charge in [-0.05, 0) is 42.5 Å². The molecule has 5 nitrogen and oxygen atoms in total. The summed E-state index contributed by atoms with van der Waals surface area (Å²) in [4.78, 5) is 12.0. The molecule has 0 atom stereocenters. The average Bonchev–Trinajstić information content (AvgIpc) is 2.42. The smallest absolute Gasteiger partial charge is 0.258 e. The van der Waals surface area contributed by atoms with Crippen LogP contribution in [-0.4, -0.2) is 20.6 Å². The molecule has 116 valence electrons. The molecule has 2 rings (SSSR count). The van der Waals surface area contributed by atoms with E-state index < -0.39 is 21.7 Å². The van der Waals surface area contributed by atoms with Crippen LogP contribution in [0.3, 0.4) is 0 Å². The summed E-state index contributed by atoms with van der Waals surface area (Å²) >= 11 is 5.73. The Bertz CT molecular complexity index is 807. The summed E-state index contributed by atoms with van der Waals surface area (Å²) in [5.41, 5.74) is 0.573. The first-order chi connectivity index (χ1) is 10.2. The minimum atomic E-state index is -3.37. The van der Waals surface area contributed by atoms with Crippen molar-refractivity contribution in [3.63, 3.8) is 0 Å². The van der Waals surface area contributed by atoms with Crippen molar-refractivity contribution in [3.05, 3.63) is 58.9 Å². The summed E-state index contributed by atoms with van der Waals surface area (Å²) in [6.07, 6.45) is 1.03. The molecule has 0 fully saturated rings. The molecule has 2 N–H and O–H groups in total. The second kappa shape index (κ2) is 6.33. The van der Waals surface area contributed by atoms with Crippen molar-refractivity contribution in [1.82, 2.24) is 0 Å². The highest BCUT2D eigenvalue weighted by atomic mass is 35.5. The molecule has 0 saturated heterocycles. The average molecular weight is 343 g/mol. The first-order valence-corrected chi connectivity index (χ1v) is 8.36. The van der Waals surface area contributed by atoms with Gasteiger partial charge in [0.25, 0.3) is 5.91 Å². The third-order valence-corrected chi connectivity index (χ3v) is 3.46. The van der Waals surface area contributed by atoms with E-state index in [2.05, 4.69) is 10.0 Å². The van der Waals surface area contributed by atoms with Crippen molar-refractivity contribution < 1.29 is 17.6 Å². The summed E-state index contributed by atoms with van der Waals surface area (Å²) in [5.74, 6) is -1.33. The highest BCUT2D eigenvalue weighted by molar-refractivity contribution is 7.92. The van der Waals surface area contributed by atoms with E-state index in [1.165, 1.54) is 36.4 Å². The maximum absolute atomic E-state index is 13.6. The minimum absolute atomic E-state index is 0.175. The molecule has 2 aromatic rings. The Balaban J connectivity index is 2.14. The SMILES string of the molecule is CS(=O)(=O)Nc1ccc(NC(=O)c2cc(Cl)ccc2F)cc1. The molecular weight excluding hydrogens is 331 g/mol. The zero-order valence-electron chi connectivity index (χ0n) is 11.4. The van der Waals surface area contributed by atoms with Crippen LogP contribution in [0.15, 0.2) is 42.5 Å². The van der Waals surface area contributed by atoms with E-state index in [4.69, 9.17) is 11.6 Å². The van der Waals surface area contributed by atoms with Crippen molar-refractivity contribution in [3.8, 4) is 0 Å². The predicted octanol–water partition coefficient (Wildman–Crippen LogP) is 3.10. The number of hydrogen-bond acceptors (Lipinski definition) is 3. The number of benzene rings is 2. The fraction of sp³-hybridized carbons (Fsp3) is 0.0714. The molecule has 0 unspecified atom stereocenters. The number of nitrogens with one attached hydrogen (secondary N) is 2. The molecule has 1 amide bonds. The molecule has 0 bridgehead atoms. The van der Waals surface area contributed by atoms with Crippen LogP contribution in [0.1, 0.15) is 10.4 Å². The summed E-state index contributed by atoms with van der Waals surface area (Å²) in [6, 6.07) is 9.62. The van der Waals surface area contributed by atoms with Gasteiger partial charge >= 0.3 is 0 Å². The lowest BCUT2D eigenvalue weighted by Crippen LogP contribution is -2.14. The molecule has 0 aliphatic rings. The normalized spacial score (nSPS) is 11.0. The number of sulfonamides is 1. The van der Waals surface area contributed by atoms with Crippen LogP contribution in [-0.2, 0) is 10.0 Å². The van der Waals surface area contributed by atoms with Gasteiger partial charge in [0.05, 0.1) is 11.8 Å². The Morgan fingerprint density at radius 1 is 1.09 bits per heavy atom. The van der Waals surface area contributed by atoms with Crippen LogP contribution < -0.4 is 10.0 Å². The van der Waals surface area contributed by atoms with Gasteiger partial charge in [0.1, 0.15) is 5.82 Å². The van der Waals surface area contributed by atoms with Crippen molar-refractivity contribution in [1.29, 1.82) is 0 Å². The first kappa shape index (κ1) is 16.3. The molecule has 0 aromatic heterocycles. The largest absolute Gasteiger partial charge is 0.322 e. The van der Waals surface area contributed by atoms with Gasteiger partial charge in [0.15, 0.2) is 0 Å². The molecule has 22 heavy (non-hydrogen) atoms. The van der Waals surface area contributed by atoms with Gasteiger partial charge in [-0.25, -0.2) is 12.8 Å². The van der Waals surface area contributed by atoms with Crippen LogP contribution in [0.2, 0.25) is 5.02 Å². The van der Waals surface area contributed by atoms with Gasteiger partial charge in [-0.1, -0.05) is 11.6 Å². The minimum Gasteiger partial charge on any atom is -0.322 e. The highest BCUT2D eigenvalue weighted by Gasteiger charge is 2.12. The monoisotopic (exact) mass is 342 g/mol. The topological polar surface area (TPSA) is 75.3 Å². The van der Waals surface area contributed by atoms with Gasteiger partial charge < -0.3 is 5.32 Å². The Hall–Kier alpha value is -2.12. The van der Waals surface area contributed by atoms with E-state index in [1.807, 2.05) is 0 Å². The molecular formula is C14H12ClFN2O3S. The van der Waals surface area contributed by atoms with E-state index in [1.54, 1.807) is 0 Å². The first-order valence-electron chi connectivity index (χ1n) is 6.09. The van der Waals surface area contributed by atoms with Crippen LogP contribution >= 0.6 is 11.6 Å². The van der Waals surface area contributed by atoms with Gasteiger partial charge in [0, 0.05) is 16.4 Å². The van der Waals surface area contributed by atoms with Gasteiger partial charge in [-0.15, -0.1) is 0 Å². The summed E-state index contributed by atoms with van der Waals surface area (Å²) < 4.78 is 38.0. The maximum Gasteiger partial charge on any atom is 0.258 e. The highest BCUT2D eigenvalue weighted by Crippen LogP contribution is 2.18. The zero-order chi connectivity index (χ0) is 16.3. The lowest BCUT2D eigenvalue weighted by molar-refractivity contribution is 0.102. The number of amides is 1. The second-order valence-corrected chi connectivity index (χ2v) is 6.71. The van der Waals surface area contributed by atoms with E-state index in [0.717, 1.165) is 12.3 Å². The number of carbonyl (C=O) groups is 1. The number of carbonyl (C=O) groups excluding carboxylic acids is 1. The number of rotatable bonds is 4. The number of anilines is 2. The fourth-order valence-electron chi connectivity index (χ4n) is 1.71. The Labute approximate surface area is 132 Å². The Morgan fingerprint density at radius 2 is 1.68 bits per heavy atom. The molecule has 2 aromatic carbocycles. The quantitative estimate of drug-likeness (QED) is 0.896. The lowest BCUT2D eigenvalue weighted by atomic mass is 10.2. The third kappa shape index (κ3) is 4.44. The Kier molecular flexibility index (Phi) is 4.68. The third-order valence-electron chi connectivity index (χ3n) is 2.62. The van der Waals surface area contributed by atoms with E-state index in [0.29, 0.717) is 11.4 Å². The van der Waals surface area contributed by atoms with E-state index >= 15 is 0 Å². The van der Waals surface area contributed by atoms with Crippen LogP contribution in [0.4, 0.5) is 15.8 Å². The molecule has 0 heterocycles. The Morgan fingerprint density at radius 3 is 2.27 bits per heavy atom. The number of halogens is 2. The van der Waals surface area contributed by atoms with Crippen molar-refractivity contribution in [2.75, 3.05) is 16.3 Å². The maximum atomic E-state index is 13.6. The van der Waals surface area contributed by atoms with Crippen molar-refractivity contribution >= 4 is 38.9 Å². The van der Waals surface area contributed by atoms with Gasteiger partial charge in [-0.3, -0.25) is 9.52 Å². The second-order valence-electron chi connectivity index (χ2n) is 4.53. The van der Waals surface area contributed by atoms with Crippen LogP contribution in [0.25, 0.3) is 0 Å². The van der Waals surface area contributed by atoms with Crippen molar-refractivity contribution in [2.24, 2.45) is 0 Å². The van der Waals surface area contributed by atoms with E-state index in [-0.39, 0.29) is 10.6 Å². The van der Waals surface area contributed by atoms with Gasteiger partial charge in [0.2, 0.25) is 10.0 Å². The summed E-state index contributed by atoms with van der Waals surface area (Å²) in [6.45, 7) is 0. The summed E-state index contributed by atoms with van der Waals surface area (Å²) in [5, 5.41) is 2.75. The molecule has 0 aliphatic heterocycles. The van der Waals surface area contributed by atoms with Crippen LogP contribution in [0, 0.1) is 5.82 Å². The van der Waals surface area contributed by atoms with E-state index in [9.17, 15) is 17.6 Å². The molecule has 8 heteroatoms. The lowest BCUT2D eigenvalue weighted by Gasteiger charge is -2.08. The van der Waals surface area contributed by atoms with Crippen molar-refractivity contribution in [2.45, 2.75) is 0 Å². The van der Waals surface area contributed by atoms with Gasteiger partial charge in [-0.2, -0.15) is 0 Å². The van der Waals surface area contributed by atoms with Crippen LogP contribution in [0.5, 0.6) is 0 Å². The standard InChI is InChI=1S/C14H12ClFN2O3S/c1-22(20,21)18-11-5-3-10(4-6-11)17-14(19)12-8-9(15)2-7-13(12)16/h2-8,18H,1H3,(H,17,19). The molecule has 0 radical (unpaired) electrons. The molecule has 0 aliphatic carbocycles. The molecule has 0 saturated carbocycles. The zero-order valence-corrected chi connectivity index (χ0v) is 13.0. The molecule has 0 spiro atoms. The summed E-state index contributed by atoms with van der Waals surface area (Å²) in [7, 11) is -3.37. The fourth-order valence-corrected chi connectivity index (χ4v) is 2.44. The number of hydrogen-bond donors (Lipinski definition) is 2. The predicted molar refractivity (Wildman–Crippen MR) is 84.3 cm³/mol.